The van der Waals surface area contributed by atoms with Crippen molar-refractivity contribution in [1.82, 2.24) is 0 Å². The van der Waals surface area contributed by atoms with E-state index in [1.54, 1.807) is 60.7 Å². The van der Waals surface area contributed by atoms with E-state index in [4.69, 9.17) is 0 Å². The maximum atomic E-state index is 12.4. The summed E-state index contributed by atoms with van der Waals surface area (Å²) in [4.78, 5) is 0. The van der Waals surface area contributed by atoms with Crippen LogP contribution in [0.15, 0.2) is 60.7 Å². The van der Waals surface area contributed by atoms with Crippen LogP contribution in [0.3, 0.4) is 0 Å². The first-order valence-corrected chi connectivity index (χ1v) is 10.3. The largest absolute Gasteiger partial charge is 0.227 e. The van der Waals surface area contributed by atoms with E-state index >= 15 is 0 Å². The molecule has 0 aliphatic rings. The van der Waals surface area contributed by atoms with Gasteiger partial charge in [0.25, 0.3) is 0 Å². The van der Waals surface area contributed by atoms with Crippen LogP contribution in [-0.2, 0) is 31.2 Å². The summed E-state index contributed by atoms with van der Waals surface area (Å²) < 4.78 is 48.0. The molecule has 2 aromatic rings. The average Bonchev–Trinajstić information content (AvgIpc) is 2.47. The zero-order valence-corrected chi connectivity index (χ0v) is 13.8. The summed E-state index contributed by atoms with van der Waals surface area (Å²) in [6.07, 6.45) is 0. The van der Waals surface area contributed by atoms with Crippen LogP contribution >= 0.6 is 0 Å². The molecule has 0 saturated carbocycles. The van der Waals surface area contributed by atoms with Gasteiger partial charge in [0, 0.05) is 0 Å². The van der Waals surface area contributed by atoms with Crippen molar-refractivity contribution >= 4 is 19.7 Å². The van der Waals surface area contributed by atoms with Crippen LogP contribution in [0.4, 0.5) is 0 Å². The van der Waals surface area contributed by atoms with Gasteiger partial charge in [-0.3, -0.25) is 0 Å². The van der Waals surface area contributed by atoms with Crippen LogP contribution in [0.5, 0.6) is 0 Å². The van der Waals surface area contributed by atoms with E-state index in [0.717, 1.165) is 0 Å². The molecule has 0 unspecified atom stereocenters. The molecule has 0 heterocycles. The summed E-state index contributed by atoms with van der Waals surface area (Å²) in [5, 5.41) is 0. The van der Waals surface area contributed by atoms with Crippen molar-refractivity contribution in [3.63, 3.8) is 0 Å². The second-order valence-corrected chi connectivity index (χ2v) is 10.1. The Bertz CT molecular complexity index is 739. The lowest BCUT2D eigenvalue weighted by atomic mass is 10.2. The van der Waals surface area contributed by atoms with Crippen molar-refractivity contribution < 1.29 is 16.8 Å². The third kappa shape index (κ3) is 4.18. The Balaban J connectivity index is 2.20. The predicted molar refractivity (Wildman–Crippen MR) is 87.6 cm³/mol. The Morgan fingerprint density at radius 1 is 0.682 bits per heavy atom. The minimum atomic E-state index is -3.78. The number of hydrogen-bond donors (Lipinski definition) is 0. The van der Waals surface area contributed by atoms with Crippen molar-refractivity contribution in [3.05, 3.63) is 71.8 Å². The van der Waals surface area contributed by atoms with Gasteiger partial charge in [-0.25, -0.2) is 16.8 Å². The van der Waals surface area contributed by atoms with Gasteiger partial charge in [-0.2, -0.15) is 0 Å². The minimum Gasteiger partial charge on any atom is -0.227 e. The second-order valence-electron chi connectivity index (χ2n) is 5.15. The van der Waals surface area contributed by atoms with E-state index in [-0.39, 0.29) is 11.5 Å². The van der Waals surface area contributed by atoms with E-state index in [0.29, 0.717) is 11.1 Å². The van der Waals surface area contributed by atoms with Crippen molar-refractivity contribution in [2.75, 3.05) is 0 Å². The van der Waals surface area contributed by atoms with Gasteiger partial charge in [-0.1, -0.05) is 60.7 Å². The highest BCUT2D eigenvalue weighted by Crippen LogP contribution is 2.19. The average molecular weight is 338 g/mol. The number of rotatable bonds is 6. The van der Waals surface area contributed by atoms with E-state index in [2.05, 4.69) is 0 Å². The molecule has 0 amide bonds. The normalized spacial score (nSPS) is 12.5. The molecule has 0 aliphatic carbocycles. The number of sulfone groups is 2. The Hall–Kier alpha value is -1.66. The summed E-state index contributed by atoms with van der Waals surface area (Å²) in [5.74, 6) is -0.550. The van der Waals surface area contributed by atoms with Crippen molar-refractivity contribution in [2.45, 2.75) is 23.0 Å². The molecule has 0 bridgehead atoms. The first kappa shape index (κ1) is 16.7. The molecule has 0 atom stereocenters. The van der Waals surface area contributed by atoms with Crippen molar-refractivity contribution in [3.8, 4) is 0 Å². The Morgan fingerprint density at radius 3 is 1.32 bits per heavy atom. The van der Waals surface area contributed by atoms with Crippen molar-refractivity contribution in [2.24, 2.45) is 0 Å². The van der Waals surface area contributed by atoms with Crippen LogP contribution < -0.4 is 0 Å². The highest BCUT2D eigenvalue weighted by molar-refractivity contribution is 8.08. The lowest BCUT2D eigenvalue weighted by molar-refractivity contribution is 0.577. The first-order chi connectivity index (χ1) is 10.3. The van der Waals surface area contributed by atoms with E-state index in [9.17, 15) is 16.8 Å². The van der Waals surface area contributed by atoms with Gasteiger partial charge in [-0.05, 0) is 18.1 Å². The monoisotopic (exact) mass is 338 g/mol. The molecule has 0 spiro atoms. The van der Waals surface area contributed by atoms with Gasteiger partial charge >= 0.3 is 0 Å². The summed E-state index contributed by atoms with van der Waals surface area (Å²) in [5.41, 5.74) is 1.17. The van der Waals surface area contributed by atoms with Gasteiger partial charge in [-0.15, -0.1) is 0 Å². The zero-order valence-electron chi connectivity index (χ0n) is 12.2. The molecule has 2 rings (SSSR count). The summed E-state index contributed by atoms with van der Waals surface area (Å²) in [7, 11) is -7.56. The predicted octanol–water partition coefficient (Wildman–Crippen LogP) is 2.56. The fraction of sp³-hybridized carbons (Fsp3) is 0.250. The van der Waals surface area contributed by atoms with Gasteiger partial charge in [0.1, 0.15) is 0 Å². The van der Waals surface area contributed by atoms with E-state index in [1.165, 1.54) is 6.92 Å². The molecule has 0 fully saturated rings. The molecule has 6 heteroatoms. The third-order valence-corrected chi connectivity index (χ3v) is 8.69. The molecule has 0 aliphatic heterocycles. The molecule has 118 valence electrons. The lowest BCUT2D eigenvalue weighted by Crippen LogP contribution is -2.29. The maximum Gasteiger partial charge on any atom is 0.171 e. The van der Waals surface area contributed by atoms with Crippen LogP contribution in [0, 0.1) is 0 Å². The van der Waals surface area contributed by atoms with Crippen LogP contribution in [-0.4, -0.2) is 21.4 Å². The van der Waals surface area contributed by atoms with E-state index < -0.39 is 24.3 Å². The molecule has 0 aromatic heterocycles. The lowest BCUT2D eigenvalue weighted by Gasteiger charge is -2.14. The quantitative estimate of drug-likeness (QED) is 0.812. The summed E-state index contributed by atoms with van der Waals surface area (Å²) >= 11 is 0. The molecule has 0 N–H and O–H groups in total. The fourth-order valence-electron chi connectivity index (χ4n) is 2.07. The molecule has 2 aromatic carbocycles. The second kappa shape index (κ2) is 6.62. The van der Waals surface area contributed by atoms with Crippen molar-refractivity contribution in [1.29, 1.82) is 0 Å². The van der Waals surface area contributed by atoms with Gasteiger partial charge in [0.05, 0.1) is 11.5 Å². The Morgan fingerprint density at radius 2 is 1.00 bits per heavy atom. The highest BCUT2D eigenvalue weighted by Gasteiger charge is 2.33. The maximum absolute atomic E-state index is 12.4. The van der Waals surface area contributed by atoms with E-state index in [1.807, 2.05) is 0 Å². The summed E-state index contributed by atoms with van der Waals surface area (Å²) in [6.45, 7) is 1.25. The standard InChI is InChI=1S/C16H18O4S2/c1-14(21(17,18)12-15-8-4-2-5-9-15)22(19,20)13-16-10-6-3-7-11-16/h2-11,14H,12-13H2,1H3. The molecule has 0 radical (unpaired) electrons. The molecule has 0 saturated heterocycles. The topological polar surface area (TPSA) is 68.3 Å². The summed E-state index contributed by atoms with van der Waals surface area (Å²) in [6, 6.07) is 17.2. The SMILES string of the molecule is CC(S(=O)(=O)Cc1ccccc1)S(=O)(=O)Cc1ccccc1. The van der Waals surface area contributed by atoms with Crippen LogP contribution in [0.1, 0.15) is 18.1 Å². The zero-order chi connectivity index (χ0) is 16.2. The van der Waals surface area contributed by atoms with Crippen LogP contribution in [0.2, 0.25) is 0 Å². The third-order valence-electron chi connectivity index (χ3n) is 3.43. The van der Waals surface area contributed by atoms with Gasteiger partial charge in [0.2, 0.25) is 0 Å². The van der Waals surface area contributed by atoms with Gasteiger partial charge in [0.15, 0.2) is 24.3 Å². The fourth-order valence-corrected chi connectivity index (χ4v) is 6.05. The molecular formula is C16H18O4S2. The Kier molecular flexibility index (Phi) is 5.03. The molecule has 22 heavy (non-hydrogen) atoms. The highest BCUT2D eigenvalue weighted by atomic mass is 32.3. The smallest absolute Gasteiger partial charge is 0.171 e. The first-order valence-electron chi connectivity index (χ1n) is 6.82. The van der Waals surface area contributed by atoms with Crippen LogP contribution in [0.25, 0.3) is 0 Å². The number of benzene rings is 2. The van der Waals surface area contributed by atoms with Gasteiger partial charge < -0.3 is 0 Å². The molecule has 4 nitrogen and oxygen atoms in total. The minimum absolute atomic E-state index is 0.275. The number of hydrogen-bond acceptors (Lipinski definition) is 4. The molecular weight excluding hydrogens is 320 g/mol. The Labute approximate surface area is 131 Å².